The number of carbonyl (C=O) groups is 4. The predicted molar refractivity (Wildman–Crippen MR) is 124 cm³/mol. The molecule has 36 heavy (non-hydrogen) atoms. The summed E-state index contributed by atoms with van der Waals surface area (Å²) in [4.78, 5) is 50.9. The van der Waals surface area contributed by atoms with Gasteiger partial charge in [-0.2, -0.15) is 0 Å². The topological polar surface area (TPSA) is 107 Å². The number of hydrogen-bond acceptors (Lipinski definition) is 7. The number of alkyl halides is 2. The summed E-state index contributed by atoms with van der Waals surface area (Å²) in [5.41, 5.74) is -8.37. The first-order valence-corrected chi connectivity index (χ1v) is 12.2. The van der Waals surface area contributed by atoms with E-state index in [1.54, 1.807) is 6.92 Å². The summed E-state index contributed by atoms with van der Waals surface area (Å²) in [5.74, 6) is -7.13. The van der Waals surface area contributed by atoms with Crippen LogP contribution in [0.3, 0.4) is 0 Å². The molecule has 0 amide bonds. The lowest BCUT2D eigenvalue weighted by Gasteiger charge is -2.63. The fourth-order valence-corrected chi connectivity index (χ4v) is 7.40. The van der Waals surface area contributed by atoms with E-state index in [0.29, 0.717) is 6.42 Å². The van der Waals surface area contributed by atoms with Crippen molar-refractivity contribution in [2.24, 2.45) is 22.7 Å². The van der Waals surface area contributed by atoms with E-state index in [4.69, 9.17) is 11.6 Å². The van der Waals surface area contributed by atoms with E-state index in [-0.39, 0.29) is 24.8 Å². The monoisotopic (exact) mass is 513 g/mol. The number of esters is 2. The van der Waals surface area contributed by atoms with E-state index in [1.807, 2.05) is 0 Å². The minimum atomic E-state index is -3.57. The highest BCUT2D eigenvalue weighted by Gasteiger charge is 2.76. The maximum Gasteiger partial charge on any atom is 0.306 e. The molecule has 9 heteroatoms. The van der Waals surface area contributed by atoms with Gasteiger partial charge in [0.05, 0.1) is 8.85 Å². The van der Waals surface area contributed by atoms with E-state index in [1.165, 1.54) is 19.9 Å². The van der Waals surface area contributed by atoms with Crippen molar-refractivity contribution in [3.05, 3.63) is 23.8 Å². The number of halogens is 2. The lowest BCUT2D eigenvalue weighted by Crippen LogP contribution is -2.70. The number of hydrogen-bond donors (Lipinski definition) is 1. The Kier molecular flexibility index (Phi) is 5.07. The van der Waals surface area contributed by atoms with Crippen LogP contribution in [-0.2, 0) is 28.7 Å². The SMILES string of the molecule is [2H]C([2H])([2H])C(=O)OC([2H])([2H])C(=O)[C@@]1(OC(=O)CCC)CC[C@H]2[C@@H]3C[C@H](F)C4=CC(=O)C=C[C@]4(C)[C@@]3(F)[C@@H](O)C[C@@]21C. The molecule has 3 saturated carbocycles. The summed E-state index contributed by atoms with van der Waals surface area (Å²) in [6.45, 7) is -2.49. The van der Waals surface area contributed by atoms with Crippen molar-refractivity contribution in [1.82, 2.24) is 0 Å². The molecule has 4 aliphatic carbocycles. The first kappa shape index (κ1) is 20.6. The van der Waals surface area contributed by atoms with E-state index in [2.05, 4.69) is 4.74 Å². The second kappa shape index (κ2) is 8.85. The minimum Gasteiger partial charge on any atom is -0.458 e. The highest BCUT2D eigenvalue weighted by molar-refractivity contribution is 6.01. The zero-order valence-electron chi connectivity index (χ0n) is 25.4. The molecule has 0 aromatic heterocycles. The summed E-state index contributed by atoms with van der Waals surface area (Å²) in [5, 5.41) is 11.5. The van der Waals surface area contributed by atoms with E-state index in [0.717, 1.165) is 12.2 Å². The van der Waals surface area contributed by atoms with Crippen LogP contribution in [0.4, 0.5) is 8.78 Å². The minimum absolute atomic E-state index is 0.0432. The first-order valence-electron chi connectivity index (χ1n) is 14.7. The van der Waals surface area contributed by atoms with Gasteiger partial charge in [-0.15, -0.1) is 0 Å². The van der Waals surface area contributed by atoms with Gasteiger partial charge < -0.3 is 14.6 Å². The van der Waals surface area contributed by atoms with Crippen LogP contribution in [0.5, 0.6) is 0 Å². The Hall–Kier alpha value is -2.42. The molecule has 198 valence electrons. The molecule has 4 aliphatic rings. The Morgan fingerprint density at radius 2 is 2.03 bits per heavy atom. The van der Waals surface area contributed by atoms with Crippen molar-refractivity contribution in [2.45, 2.75) is 89.7 Å². The van der Waals surface area contributed by atoms with Gasteiger partial charge in [0.15, 0.2) is 23.6 Å². The maximum absolute atomic E-state index is 17.4. The number of allylic oxidation sites excluding steroid dienone is 4. The maximum atomic E-state index is 17.4. The lowest BCUT2D eigenvalue weighted by atomic mass is 9.44. The molecule has 0 radical (unpaired) electrons. The summed E-state index contributed by atoms with van der Waals surface area (Å²) >= 11 is 0. The third kappa shape index (κ3) is 3.52. The van der Waals surface area contributed by atoms with Crippen molar-refractivity contribution in [3.63, 3.8) is 0 Å². The summed E-state index contributed by atoms with van der Waals surface area (Å²) < 4.78 is 81.3. The fraction of sp³-hybridized carbons (Fsp3) is 0.704. The number of carbonyl (C=O) groups excluding carboxylic acids is 4. The van der Waals surface area contributed by atoms with E-state index < -0.39 is 96.0 Å². The van der Waals surface area contributed by atoms with Crippen molar-refractivity contribution in [3.8, 4) is 0 Å². The van der Waals surface area contributed by atoms with Crippen molar-refractivity contribution < 1.29 is 49.4 Å². The molecule has 0 spiro atoms. The molecule has 0 aromatic carbocycles. The summed E-state index contributed by atoms with van der Waals surface area (Å²) in [6, 6.07) is 0. The van der Waals surface area contributed by atoms with Crippen molar-refractivity contribution in [2.75, 3.05) is 6.56 Å². The number of Topliss-reactive ketones (excluding diaryl/α,β-unsaturated/α-hetero) is 1. The summed E-state index contributed by atoms with van der Waals surface area (Å²) in [6.07, 6.45) is -1.52. The molecule has 1 N–H and O–H groups in total. The van der Waals surface area contributed by atoms with E-state index >= 15 is 8.78 Å². The zero-order valence-corrected chi connectivity index (χ0v) is 20.4. The Morgan fingerprint density at radius 1 is 1.31 bits per heavy atom. The van der Waals surface area contributed by atoms with Crippen molar-refractivity contribution >= 4 is 23.5 Å². The van der Waals surface area contributed by atoms with Crippen LogP contribution in [0.1, 0.15) is 73.0 Å². The third-order valence-corrected chi connectivity index (χ3v) is 9.09. The van der Waals surface area contributed by atoms with Gasteiger partial charge in [0.25, 0.3) is 0 Å². The first-order chi connectivity index (χ1) is 18.7. The second-order valence-corrected chi connectivity index (χ2v) is 10.8. The van der Waals surface area contributed by atoms with Gasteiger partial charge in [-0.3, -0.25) is 19.2 Å². The average molecular weight is 514 g/mol. The summed E-state index contributed by atoms with van der Waals surface area (Å²) in [7, 11) is 0. The van der Waals surface area contributed by atoms with Crippen LogP contribution in [-0.4, -0.2) is 58.7 Å². The lowest BCUT2D eigenvalue weighted by molar-refractivity contribution is -0.229. The number of aliphatic hydroxyl groups excluding tert-OH is 1. The molecule has 0 heterocycles. The highest BCUT2D eigenvalue weighted by Crippen LogP contribution is 2.70. The van der Waals surface area contributed by atoms with Gasteiger partial charge in [-0.25, -0.2) is 8.78 Å². The fourth-order valence-electron chi connectivity index (χ4n) is 7.40. The molecule has 3 fully saturated rings. The number of ether oxygens (including phenoxy) is 2. The molecule has 4 rings (SSSR count). The Balaban J connectivity index is 1.83. The highest BCUT2D eigenvalue weighted by atomic mass is 19.1. The van der Waals surface area contributed by atoms with Crippen LogP contribution in [0, 0.1) is 22.7 Å². The van der Waals surface area contributed by atoms with Crippen LogP contribution in [0.25, 0.3) is 0 Å². The molecular formula is C27H34F2O7. The van der Waals surface area contributed by atoms with Crippen LogP contribution in [0.15, 0.2) is 23.8 Å². The Bertz CT molecular complexity index is 1230. The predicted octanol–water partition coefficient (Wildman–Crippen LogP) is 3.52. The molecule has 0 aromatic rings. The van der Waals surface area contributed by atoms with Gasteiger partial charge in [0.1, 0.15) is 6.17 Å². The van der Waals surface area contributed by atoms with Gasteiger partial charge in [0, 0.05) is 34.1 Å². The number of ketones is 2. The second-order valence-electron chi connectivity index (χ2n) is 10.8. The standard InChI is InChI=1S/C27H34F2O7/c1-5-6-23(34)36-26(22(33)14-35-15(2)30)10-8-17-18-12-20(28)19-11-16(31)7-9-24(19,3)27(18,29)21(32)13-25(17,26)4/h7,9,11,17-18,20-21,32H,5-6,8,10,12-14H2,1-4H3/t17-,18-,20-,21-,24-,25-,26-,27-/m0/s1/i2D3,14D2. The van der Waals surface area contributed by atoms with Gasteiger partial charge >= 0.3 is 11.9 Å². The quantitative estimate of drug-likeness (QED) is 0.542. The van der Waals surface area contributed by atoms with Crippen molar-refractivity contribution in [1.29, 1.82) is 0 Å². The number of aliphatic hydroxyl groups is 1. The molecule has 0 bridgehead atoms. The van der Waals surface area contributed by atoms with Crippen LogP contribution < -0.4 is 0 Å². The molecule has 8 atom stereocenters. The molecular weight excluding hydrogens is 474 g/mol. The van der Waals surface area contributed by atoms with E-state index in [9.17, 15) is 24.3 Å². The smallest absolute Gasteiger partial charge is 0.306 e. The zero-order chi connectivity index (χ0) is 31.0. The molecule has 0 unspecified atom stereocenters. The third-order valence-electron chi connectivity index (χ3n) is 9.09. The van der Waals surface area contributed by atoms with Crippen LogP contribution >= 0.6 is 0 Å². The molecule has 0 aliphatic heterocycles. The Labute approximate surface area is 216 Å². The molecule has 0 saturated heterocycles. The molecule has 7 nitrogen and oxygen atoms in total. The Morgan fingerprint density at radius 3 is 2.69 bits per heavy atom. The largest absolute Gasteiger partial charge is 0.458 e. The average Bonchev–Trinajstić information content (AvgIpc) is 3.13. The van der Waals surface area contributed by atoms with Crippen LogP contribution in [0.2, 0.25) is 0 Å². The number of fused-ring (bicyclic) bond motifs is 5. The van der Waals surface area contributed by atoms with Gasteiger partial charge in [-0.1, -0.05) is 19.9 Å². The van der Waals surface area contributed by atoms with Gasteiger partial charge in [0.2, 0.25) is 5.78 Å². The number of rotatable bonds is 6. The van der Waals surface area contributed by atoms with Gasteiger partial charge in [-0.05, 0) is 62.7 Å². The normalized spacial score (nSPS) is 45.9.